The van der Waals surface area contributed by atoms with Crippen LogP contribution in [-0.4, -0.2) is 96.7 Å². The number of hydrogen-bond acceptors (Lipinski definition) is 8. The fourth-order valence-electron chi connectivity index (χ4n) is 3.93. The zero-order valence-corrected chi connectivity index (χ0v) is 33.0. The number of alkyl halides is 12. The van der Waals surface area contributed by atoms with Gasteiger partial charge in [0.1, 0.15) is 0 Å². The Morgan fingerprint density at radius 2 is 0.426 bits per heavy atom. The average molecular weight is 1020 g/mol. The minimum Gasteiger partial charge on any atom is -0.289 e. The molecule has 0 aliphatic heterocycles. The Kier molecular flexibility index (Phi) is 23.6. The number of carbonyl (C=O) groups excluding carboxylic acids is 8. The van der Waals surface area contributed by atoms with Crippen LogP contribution < -0.4 is 0 Å². The van der Waals surface area contributed by atoms with Crippen LogP contribution in [0, 0.1) is 49.4 Å². The smallest absolute Gasteiger partial charge is 0.289 e. The molecule has 0 aliphatic rings. The second-order valence-corrected chi connectivity index (χ2v) is 11.3. The molecule has 8 nitrogen and oxygen atoms in total. The van der Waals surface area contributed by atoms with Crippen LogP contribution in [0.1, 0.15) is 41.4 Å². The van der Waals surface area contributed by atoms with Gasteiger partial charge in [-0.25, -0.2) is 17.6 Å². The Balaban J connectivity index is 0.000000783. The molecule has 0 unspecified atom stereocenters. The Morgan fingerprint density at radius 3 is 0.541 bits per heavy atom. The third-order valence-corrected chi connectivity index (χ3v) is 7.17. The molecule has 21 heteroatoms. The van der Waals surface area contributed by atoms with E-state index in [1.807, 2.05) is 0 Å². The number of benzene rings is 4. The third-order valence-electron chi connectivity index (χ3n) is 7.17. The maximum atomic E-state index is 13.0. The molecule has 0 aromatic heterocycles. The van der Waals surface area contributed by atoms with Crippen LogP contribution in [0.3, 0.4) is 0 Å². The van der Waals surface area contributed by atoms with Crippen molar-refractivity contribution in [1.82, 2.24) is 0 Å². The standard InChI is InChI=1S/4C10H7F3O2.Eu/c4*11-6-8(14)10(12,13)9(15)7-4-2-1-3-5-7;/h4*1-5H,6H2;. The zero-order valence-electron chi connectivity index (χ0n) is 30.6. The molecule has 0 bridgehead atoms. The summed E-state index contributed by atoms with van der Waals surface area (Å²) in [4.78, 5) is 86.5. The van der Waals surface area contributed by atoms with E-state index in [4.69, 9.17) is 0 Å². The summed E-state index contributed by atoms with van der Waals surface area (Å²) in [6.07, 6.45) is 0. The normalized spacial score (nSPS) is 11.0. The van der Waals surface area contributed by atoms with E-state index in [1.54, 1.807) is 0 Å². The van der Waals surface area contributed by atoms with Gasteiger partial charge in [-0.3, -0.25) is 38.4 Å². The molecule has 0 fully saturated rings. The van der Waals surface area contributed by atoms with E-state index in [0.29, 0.717) is 0 Å². The molecule has 0 spiro atoms. The van der Waals surface area contributed by atoms with Crippen LogP contribution in [0.5, 0.6) is 0 Å². The number of Topliss-reactive ketones (excluding diaryl/α,β-unsaturated/α-hetero) is 8. The molecule has 1 radical (unpaired) electrons. The summed E-state index contributed by atoms with van der Waals surface area (Å²) in [5.74, 6) is -31.9. The Morgan fingerprint density at radius 1 is 0.295 bits per heavy atom. The molecule has 0 saturated heterocycles. The van der Waals surface area contributed by atoms with Crippen molar-refractivity contribution in [3.05, 3.63) is 144 Å². The summed E-state index contributed by atoms with van der Waals surface area (Å²) in [7, 11) is 0. The SMILES string of the molecule is O=C(CF)C(F)(F)C(=O)c1ccccc1.O=C(CF)C(F)(F)C(=O)c1ccccc1.O=C(CF)C(F)(F)C(=O)c1ccccc1.O=C(CF)C(F)(F)C(=O)c1ccccc1.[Eu]. The van der Waals surface area contributed by atoms with Gasteiger partial charge in [-0.1, -0.05) is 121 Å². The second kappa shape index (κ2) is 25.7. The molecule has 0 atom stereocenters. The summed E-state index contributed by atoms with van der Waals surface area (Å²) in [6, 6.07) is 26.3. The van der Waals surface area contributed by atoms with Gasteiger partial charge in [0.15, 0.2) is 26.7 Å². The van der Waals surface area contributed by atoms with E-state index in [1.165, 1.54) is 72.8 Å². The quantitative estimate of drug-likeness (QED) is 0.0624. The average Bonchev–Trinajstić information content (AvgIpc) is 3.28. The topological polar surface area (TPSA) is 137 Å². The van der Waals surface area contributed by atoms with E-state index >= 15 is 0 Å². The maximum absolute atomic E-state index is 13.0. The van der Waals surface area contributed by atoms with Gasteiger partial charge in [-0.15, -0.1) is 0 Å². The van der Waals surface area contributed by atoms with E-state index in [2.05, 4.69) is 0 Å². The van der Waals surface area contributed by atoms with Gasteiger partial charge in [-0.05, 0) is 0 Å². The molecule has 4 aromatic rings. The first-order valence-electron chi connectivity index (χ1n) is 16.3. The monoisotopic (exact) mass is 1020 g/mol. The van der Waals surface area contributed by atoms with Crippen LogP contribution in [-0.2, 0) is 19.2 Å². The number of carbonyl (C=O) groups is 8. The van der Waals surface area contributed by atoms with Gasteiger partial charge in [0.25, 0.3) is 0 Å². The van der Waals surface area contributed by atoms with Crippen LogP contribution in [0.4, 0.5) is 52.7 Å². The molecule has 4 aromatic carbocycles. The summed E-state index contributed by atoms with van der Waals surface area (Å²) in [5.41, 5.74) is -1.26. The molecule has 0 amide bonds. The van der Waals surface area contributed by atoms with E-state index < -0.39 is 96.7 Å². The van der Waals surface area contributed by atoms with Crippen molar-refractivity contribution in [3.8, 4) is 0 Å². The van der Waals surface area contributed by atoms with Crippen molar-refractivity contribution in [2.24, 2.45) is 0 Å². The van der Waals surface area contributed by atoms with Crippen molar-refractivity contribution in [2.75, 3.05) is 26.7 Å². The fraction of sp³-hybridized carbons (Fsp3) is 0.200. The van der Waals surface area contributed by atoms with Gasteiger partial charge in [0, 0.05) is 71.6 Å². The minimum atomic E-state index is -4.28. The second-order valence-electron chi connectivity index (χ2n) is 11.3. The Bertz CT molecular complexity index is 1800. The number of ketones is 8. The summed E-state index contributed by atoms with van der Waals surface area (Å²) < 4.78 is 151. The predicted molar refractivity (Wildman–Crippen MR) is 187 cm³/mol. The summed E-state index contributed by atoms with van der Waals surface area (Å²) in [6.45, 7) is -7.42. The molecular weight excluding hydrogens is 988 g/mol. The first-order valence-corrected chi connectivity index (χ1v) is 16.3. The van der Waals surface area contributed by atoms with Crippen LogP contribution in [0.2, 0.25) is 0 Å². The van der Waals surface area contributed by atoms with Gasteiger partial charge in [0.2, 0.25) is 46.3 Å². The zero-order chi connectivity index (χ0) is 45.9. The molecule has 4 rings (SSSR count). The van der Waals surface area contributed by atoms with E-state index in [-0.39, 0.29) is 71.6 Å². The van der Waals surface area contributed by atoms with Crippen molar-refractivity contribution in [1.29, 1.82) is 0 Å². The van der Waals surface area contributed by atoms with Crippen molar-refractivity contribution >= 4 is 46.3 Å². The van der Waals surface area contributed by atoms with E-state index in [9.17, 15) is 91.0 Å². The molecule has 61 heavy (non-hydrogen) atoms. The van der Waals surface area contributed by atoms with Gasteiger partial charge >= 0.3 is 23.7 Å². The van der Waals surface area contributed by atoms with Crippen molar-refractivity contribution in [3.63, 3.8) is 0 Å². The molecule has 0 aliphatic carbocycles. The fourth-order valence-corrected chi connectivity index (χ4v) is 3.93. The maximum Gasteiger partial charge on any atom is 0.369 e. The third kappa shape index (κ3) is 15.8. The van der Waals surface area contributed by atoms with E-state index in [0.717, 1.165) is 48.5 Å². The molecule has 0 heterocycles. The minimum absolute atomic E-state index is 0. The van der Waals surface area contributed by atoms with Gasteiger partial charge in [0.05, 0.1) is 0 Å². The van der Waals surface area contributed by atoms with Crippen LogP contribution in [0.15, 0.2) is 121 Å². The summed E-state index contributed by atoms with van der Waals surface area (Å²) >= 11 is 0. The predicted octanol–water partition coefficient (Wildman–Crippen LogP) is 8.17. The van der Waals surface area contributed by atoms with Gasteiger partial charge < -0.3 is 0 Å². The number of halogens is 12. The molecule has 327 valence electrons. The summed E-state index contributed by atoms with van der Waals surface area (Å²) in [5, 5.41) is 0. The Hall–Kier alpha value is -5.02. The molecular formula is C40H28EuF12O8. The first-order chi connectivity index (χ1) is 28.0. The van der Waals surface area contributed by atoms with Gasteiger partial charge in [-0.2, -0.15) is 35.1 Å². The first kappa shape index (κ1) is 56.0. The van der Waals surface area contributed by atoms with Crippen LogP contribution >= 0.6 is 0 Å². The molecule has 0 saturated carbocycles. The number of hydrogen-bond donors (Lipinski definition) is 0. The number of rotatable bonds is 16. The largest absolute Gasteiger partial charge is 0.369 e. The Labute approximate surface area is 378 Å². The van der Waals surface area contributed by atoms with Crippen molar-refractivity contribution < 1.29 is 140 Å². The van der Waals surface area contributed by atoms with Crippen molar-refractivity contribution in [2.45, 2.75) is 23.7 Å². The molecule has 0 N–H and O–H groups in total. The van der Waals surface area contributed by atoms with Crippen LogP contribution in [0.25, 0.3) is 0 Å².